The Balaban J connectivity index is 0.00000392. The maximum Gasteiger partial charge on any atom is 0.191 e. The smallest absolute Gasteiger partial charge is 0.191 e. The summed E-state index contributed by atoms with van der Waals surface area (Å²) in [6, 6.07) is 11.5. The summed E-state index contributed by atoms with van der Waals surface area (Å²) in [5, 5.41) is 11.2. The van der Waals surface area contributed by atoms with E-state index < -0.39 is 0 Å². The maximum absolute atomic E-state index is 4.35. The van der Waals surface area contributed by atoms with E-state index >= 15 is 0 Å². The third kappa shape index (κ3) is 7.79. The molecule has 0 unspecified atom stereocenters. The molecular formula is C21H35IN6. The molecule has 0 radical (unpaired) electrons. The van der Waals surface area contributed by atoms with E-state index in [4.69, 9.17) is 0 Å². The lowest BCUT2D eigenvalue weighted by Gasteiger charge is -2.30. The Kier molecular flexibility index (Phi) is 11.1. The van der Waals surface area contributed by atoms with E-state index in [1.807, 2.05) is 30.2 Å². The van der Waals surface area contributed by atoms with Crippen LogP contribution in [0.4, 0.5) is 0 Å². The number of halogens is 1. The fraction of sp³-hybridized carbons (Fsp3) is 0.524. The van der Waals surface area contributed by atoms with E-state index in [-0.39, 0.29) is 24.0 Å². The molecule has 0 saturated carbocycles. The molecule has 28 heavy (non-hydrogen) atoms. The number of aromatic nitrogens is 2. The van der Waals surface area contributed by atoms with Crippen molar-refractivity contribution in [1.29, 1.82) is 0 Å². The Morgan fingerprint density at radius 2 is 1.75 bits per heavy atom. The minimum atomic E-state index is 0. The van der Waals surface area contributed by atoms with Crippen molar-refractivity contribution in [3.8, 4) is 0 Å². The van der Waals surface area contributed by atoms with Crippen molar-refractivity contribution in [3.63, 3.8) is 0 Å². The summed E-state index contributed by atoms with van der Waals surface area (Å²) in [5.74, 6) is 0.830. The van der Waals surface area contributed by atoms with Crippen LogP contribution in [0, 0.1) is 0 Å². The van der Waals surface area contributed by atoms with Crippen molar-refractivity contribution in [3.05, 3.63) is 53.9 Å². The number of benzene rings is 1. The normalized spacial score (nSPS) is 11.8. The molecule has 2 N–H and O–H groups in total. The highest BCUT2D eigenvalue weighted by atomic mass is 127. The number of aliphatic imine (C=N–C) groups is 1. The predicted octanol–water partition coefficient (Wildman–Crippen LogP) is 3.33. The molecular weight excluding hydrogens is 463 g/mol. The minimum Gasteiger partial charge on any atom is -0.355 e. The lowest BCUT2D eigenvalue weighted by molar-refractivity contribution is 0.178. The van der Waals surface area contributed by atoms with E-state index in [2.05, 4.69) is 77.6 Å². The quantitative estimate of drug-likeness (QED) is 0.317. The van der Waals surface area contributed by atoms with Gasteiger partial charge in [0, 0.05) is 51.2 Å². The van der Waals surface area contributed by atoms with Gasteiger partial charge in [-0.1, -0.05) is 24.3 Å². The molecule has 1 aromatic heterocycles. The Bertz CT molecular complexity index is 689. The van der Waals surface area contributed by atoms with Crippen molar-refractivity contribution in [2.45, 2.75) is 52.9 Å². The second-order valence-electron chi connectivity index (χ2n) is 7.25. The van der Waals surface area contributed by atoms with Gasteiger partial charge in [-0.2, -0.15) is 5.10 Å². The molecule has 0 spiro atoms. The molecule has 2 rings (SSSR count). The van der Waals surface area contributed by atoms with Crippen LogP contribution in [0.15, 0.2) is 47.7 Å². The lowest BCUT2D eigenvalue weighted by Crippen LogP contribution is -2.45. The Hall–Kier alpha value is -1.61. The van der Waals surface area contributed by atoms with Crippen LogP contribution >= 0.6 is 24.0 Å². The van der Waals surface area contributed by atoms with Gasteiger partial charge in [-0.15, -0.1) is 24.0 Å². The molecule has 0 amide bonds. The van der Waals surface area contributed by atoms with Gasteiger partial charge in [-0.3, -0.25) is 14.6 Å². The molecule has 0 atom stereocenters. The van der Waals surface area contributed by atoms with Crippen LogP contribution in [-0.4, -0.2) is 52.9 Å². The number of nitrogens with one attached hydrogen (secondary N) is 2. The van der Waals surface area contributed by atoms with Crippen LogP contribution in [-0.2, 0) is 13.1 Å². The van der Waals surface area contributed by atoms with E-state index in [0.717, 1.165) is 32.1 Å². The SMILES string of the molecule is CN=C(NCCN(C(C)C)C(C)C)NCc1ccccc1Cn1cccn1.I. The fourth-order valence-electron chi connectivity index (χ4n) is 3.27. The summed E-state index contributed by atoms with van der Waals surface area (Å²) in [4.78, 5) is 6.83. The van der Waals surface area contributed by atoms with Gasteiger partial charge in [-0.05, 0) is 44.9 Å². The zero-order chi connectivity index (χ0) is 19.6. The summed E-state index contributed by atoms with van der Waals surface area (Å²) >= 11 is 0. The Morgan fingerprint density at radius 3 is 2.32 bits per heavy atom. The molecule has 156 valence electrons. The standard InChI is InChI=1S/C21H34N6.HI/c1-17(2)27(18(3)4)14-12-23-21(22-5)24-15-19-9-6-7-10-20(19)16-26-13-8-11-25-26;/h6-11,13,17-18H,12,14-16H2,1-5H3,(H2,22,23,24);1H. The Morgan fingerprint density at radius 1 is 1.07 bits per heavy atom. The van der Waals surface area contributed by atoms with Crippen molar-refractivity contribution in [2.75, 3.05) is 20.1 Å². The van der Waals surface area contributed by atoms with Gasteiger partial charge in [-0.25, -0.2) is 0 Å². The first-order valence-corrected chi connectivity index (χ1v) is 9.75. The first-order chi connectivity index (χ1) is 13.0. The van der Waals surface area contributed by atoms with Crippen LogP contribution in [0.5, 0.6) is 0 Å². The molecule has 0 aliphatic heterocycles. The summed E-state index contributed by atoms with van der Waals surface area (Å²) < 4.78 is 1.94. The van der Waals surface area contributed by atoms with Crippen LogP contribution in [0.25, 0.3) is 0 Å². The molecule has 6 nitrogen and oxygen atoms in total. The largest absolute Gasteiger partial charge is 0.355 e. The predicted molar refractivity (Wildman–Crippen MR) is 128 cm³/mol. The first-order valence-electron chi connectivity index (χ1n) is 9.75. The van der Waals surface area contributed by atoms with Gasteiger partial charge in [0.15, 0.2) is 5.96 Å². The molecule has 1 heterocycles. The number of hydrogen-bond donors (Lipinski definition) is 2. The molecule has 0 aliphatic carbocycles. The monoisotopic (exact) mass is 498 g/mol. The van der Waals surface area contributed by atoms with Gasteiger partial charge in [0.05, 0.1) is 6.54 Å². The van der Waals surface area contributed by atoms with Gasteiger partial charge in [0.1, 0.15) is 0 Å². The third-order valence-corrected chi connectivity index (χ3v) is 4.67. The topological polar surface area (TPSA) is 57.5 Å². The highest BCUT2D eigenvalue weighted by Gasteiger charge is 2.12. The van der Waals surface area contributed by atoms with Crippen LogP contribution < -0.4 is 10.6 Å². The number of rotatable bonds is 9. The van der Waals surface area contributed by atoms with Crippen molar-refractivity contribution >= 4 is 29.9 Å². The van der Waals surface area contributed by atoms with Gasteiger partial charge >= 0.3 is 0 Å². The lowest BCUT2D eigenvalue weighted by atomic mass is 10.1. The second kappa shape index (κ2) is 12.8. The zero-order valence-electron chi connectivity index (χ0n) is 17.7. The Labute approximate surface area is 186 Å². The van der Waals surface area contributed by atoms with E-state index in [1.165, 1.54) is 11.1 Å². The average Bonchev–Trinajstić information content (AvgIpc) is 3.14. The van der Waals surface area contributed by atoms with E-state index in [1.54, 1.807) is 0 Å². The average molecular weight is 498 g/mol. The second-order valence-corrected chi connectivity index (χ2v) is 7.25. The van der Waals surface area contributed by atoms with Crippen LogP contribution in [0.2, 0.25) is 0 Å². The molecule has 7 heteroatoms. The minimum absolute atomic E-state index is 0. The highest BCUT2D eigenvalue weighted by molar-refractivity contribution is 14.0. The molecule has 2 aromatic rings. The summed E-state index contributed by atoms with van der Waals surface area (Å²) in [5.41, 5.74) is 2.51. The number of nitrogens with zero attached hydrogens (tertiary/aromatic N) is 4. The maximum atomic E-state index is 4.35. The third-order valence-electron chi connectivity index (χ3n) is 4.67. The van der Waals surface area contributed by atoms with Crippen molar-refractivity contribution in [2.24, 2.45) is 4.99 Å². The molecule has 0 saturated heterocycles. The molecule has 0 bridgehead atoms. The summed E-state index contributed by atoms with van der Waals surface area (Å²) in [6.07, 6.45) is 3.80. The van der Waals surface area contributed by atoms with E-state index in [0.29, 0.717) is 12.1 Å². The highest BCUT2D eigenvalue weighted by Crippen LogP contribution is 2.10. The summed E-state index contributed by atoms with van der Waals surface area (Å²) in [6.45, 7) is 12.3. The van der Waals surface area contributed by atoms with Gasteiger partial charge < -0.3 is 10.6 Å². The van der Waals surface area contributed by atoms with Gasteiger partial charge in [0.25, 0.3) is 0 Å². The van der Waals surface area contributed by atoms with Crippen LogP contribution in [0.3, 0.4) is 0 Å². The number of hydrogen-bond acceptors (Lipinski definition) is 3. The summed E-state index contributed by atoms with van der Waals surface area (Å²) in [7, 11) is 1.81. The molecule has 0 fully saturated rings. The van der Waals surface area contributed by atoms with Gasteiger partial charge in [0.2, 0.25) is 0 Å². The fourth-order valence-corrected chi connectivity index (χ4v) is 3.27. The zero-order valence-corrected chi connectivity index (χ0v) is 20.1. The van der Waals surface area contributed by atoms with Crippen molar-refractivity contribution < 1.29 is 0 Å². The first kappa shape index (κ1) is 24.4. The van der Waals surface area contributed by atoms with Crippen molar-refractivity contribution in [1.82, 2.24) is 25.3 Å². The van der Waals surface area contributed by atoms with Crippen LogP contribution in [0.1, 0.15) is 38.8 Å². The molecule has 0 aliphatic rings. The molecule has 1 aromatic carbocycles. The van der Waals surface area contributed by atoms with E-state index in [9.17, 15) is 0 Å². The number of guanidine groups is 1.